The van der Waals surface area contributed by atoms with Gasteiger partial charge in [0.2, 0.25) is 0 Å². The van der Waals surface area contributed by atoms with Gasteiger partial charge in [0.05, 0.1) is 18.1 Å². The average molecular weight is 389 g/mol. The molecule has 0 amide bonds. The van der Waals surface area contributed by atoms with Crippen LogP contribution in [0, 0.1) is 46.5 Å². The lowest BCUT2D eigenvalue weighted by Crippen LogP contribution is -2.54. The van der Waals surface area contributed by atoms with Crippen molar-refractivity contribution in [1.82, 2.24) is 0 Å². The first-order valence-electron chi connectivity index (χ1n) is 10.6. The normalized spacial score (nSPS) is 49.6. The molecule has 4 aliphatic rings. The highest BCUT2D eigenvalue weighted by molar-refractivity contribution is 5.67. The van der Waals surface area contributed by atoms with E-state index < -0.39 is 24.3 Å². The highest BCUT2D eigenvalue weighted by Gasteiger charge is 2.61. The van der Waals surface area contributed by atoms with Crippen molar-refractivity contribution < 1.29 is 24.9 Å². The molecule has 0 heterocycles. The predicted molar refractivity (Wildman–Crippen MR) is 104 cm³/mol. The minimum absolute atomic E-state index is 0.0741. The molecule has 3 saturated carbocycles. The quantitative estimate of drug-likeness (QED) is 0.337. The fourth-order valence-electron chi connectivity index (χ4n) is 7.05. The molecule has 154 valence electrons. The van der Waals surface area contributed by atoms with E-state index in [0.717, 1.165) is 37.7 Å². The number of fused-ring (bicyclic) bond motifs is 5. The molecule has 5 nitrogen and oxygen atoms in total. The van der Waals surface area contributed by atoms with E-state index in [0.29, 0.717) is 24.2 Å². The summed E-state index contributed by atoms with van der Waals surface area (Å²) in [6, 6.07) is 0. The smallest absolute Gasteiger partial charge is 0.316 e. The van der Waals surface area contributed by atoms with Gasteiger partial charge in [-0.2, -0.15) is 0 Å². The summed E-state index contributed by atoms with van der Waals surface area (Å²) < 4.78 is 4.78. The molecule has 4 aliphatic carbocycles. The van der Waals surface area contributed by atoms with Gasteiger partial charge in [-0.3, -0.25) is 4.79 Å². The molecule has 3 fully saturated rings. The molecule has 3 N–H and O–H groups in total. The standard InChI is InChI=1S/C23H32O5/c1-13(24)28-11-8-14-12-18-15-4-5-17-20(26)19(25)7-10-22(17,2)16(15)6-9-23(18,3)21(14)27/h5,14-16,18-21,25-27H,4,6-7,9-10,12H2,1-3H3/t14?,15-,16-,18+,19?,20?,21?,22-,23+/m1/s1. The molecule has 0 bridgehead atoms. The van der Waals surface area contributed by atoms with E-state index in [1.54, 1.807) is 0 Å². The van der Waals surface area contributed by atoms with Crippen molar-refractivity contribution in [3.63, 3.8) is 0 Å². The second kappa shape index (κ2) is 6.86. The Bertz CT molecular complexity index is 748. The van der Waals surface area contributed by atoms with Crippen LogP contribution < -0.4 is 0 Å². The number of aliphatic hydroxyl groups excluding tert-OH is 3. The molecule has 0 spiro atoms. The summed E-state index contributed by atoms with van der Waals surface area (Å²) in [5, 5.41) is 31.7. The van der Waals surface area contributed by atoms with Gasteiger partial charge >= 0.3 is 5.97 Å². The second-order valence-corrected chi connectivity index (χ2v) is 9.91. The molecule has 5 heteroatoms. The molecule has 0 radical (unpaired) electrons. The molecule has 0 saturated heterocycles. The fourth-order valence-corrected chi connectivity index (χ4v) is 7.05. The maximum absolute atomic E-state index is 11.0. The number of hydrogen-bond acceptors (Lipinski definition) is 5. The lowest BCUT2D eigenvalue weighted by Gasteiger charge is -2.58. The van der Waals surface area contributed by atoms with E-state index in [1.165, 1.54) is 6.92 Å². The third kappa shape index (κ3) is 2.84. The maximum Gasteiger partial charge on any atom is 0.316 e. The summed E-state index contributed by atoms with van der Waals surface area (Å²) in [5.74, 6) is 3.65. The van der Waals surface area contributed by atoms with Crippen LogP contribution in [-0.2, 0) is 9.53 Å². The molecular formula is C23H32O5. The van der Waals surface area contributed by atoms with Crippen LogP contribution in [0.1, 0.15) is 59.3 Å². The van der Waals surface area contributed by atoms with E-state index in [4.69, 9.17) is 4.74 Å². The first kappa shape index (κ1) is 19.9. The molecule has 4 unspecified atom stereocenters. The summed E-state index contributed by atoms with van der Waals surface area (Å²) in [5.41, 5.74) is 0.779. The number of carbonyl (C=O) groups is 1. The van der Waals surface area contributed by atoms with E-state index in [2.05, 4.69) is 32.0 Å². The van der Waals surface area contributed by atoms with Gasteiger partial charge in [0.1, 0.15) is 12.2 Å². The first-order chi connectivity index (χ1) is 13.2. The molecule has 0 aromatic carbocycles. The average Bonchev–Trinajstić information content (AvgIpc) is 2.90. The topological polar surface area (TPSA) is 87.0 Å². The summed E-state index contributed by atoms with van der Waals surface area (Å²) in [7, 11) is 0. The summed E-state index contributed by atoms with van der Waals surface area (Å²) in [6.07, 6.45) is 7.95. The van der Waals surface area contributed by atoms with Crippen molar-refractivity contribution in [1.29, 1.82) is 0 Å². The van der Waals surface area contributed by atoms with Crippen LogP contribution in [-0.4, -0.2) is 39.6 Å². The zero-order valence-electron chi connectivity index (χ0n) is 17.0. The van der Waals surface area contributed by atoms with Gasteiger partial charge < -0.3 is 20.1 Å². The Labute approximate surface area is 167 Å². The van der Waals surface area contributed by atoms with Gasteiger partial charge in [0.15, 0.2) is 0 Å². The number of ether oxygens (including phenoxy) is 1. The molecule has 4 rings (SSSR count). The van der Waals surface area contributed by atoms with Crippen molar-refractivity contribution in [3.8, 4) is 12.0 Å². The number of carbonyl (C=O) groups excluding carboxylic acids is 1. The Kier molecular flexibility index (Phi) is 4.89. The lowest BCUT2D eigenvalue weighted by molar-refractivity contribution is -0.134. The Morgan fingerprint density at radius 3 is 2.64 bits per heavy atom. The molecular weight excluding hydrogens is 356 g/mol. The minimum Gasteiger partial charge on any atom is -0.391 e. The molecule has 0 aromatic rings. The van der Waals surface area contributed by atoms with Crippen molar-refractivity contribution in [3.05, 3.63) is 11.6 Å². The zero-order chi connectivity index (χ0) is 20.3. The van der Waals surface area contributed by atoms with E-state index in [1.807, 2.05) is 0 Å². The van der Waals surface area contributed by atoms with Crippen molar-refractivity contribution in [2.45, 2.75) is 77.6 Å². The summed E-state index contributed by atoms with van der Waals surface area (Å²) in [4.78, 5) is 11.0. The van der Waals surface area contributed by atoms with Gasteiger partial charge in [-0.05, 0) is 72.7 Å². The number of allylic oxidation sites excluding steroid dienone is 1. The van der Waals surface area contributed by atoms with E-state index in [-0.39, 0.29) is 16.7 Å². The molecule has 28 heavy (non-hydrogen) atoms. The van der Waals surface area contributed by atoms with Gasteiger partial charge in [0, 0.05) is 6.92 Å². The lowest BCUT2D eigenvalue weighted by atomic mass is 9.47. The van der Waals surface area contributed by atoms with Crippen molar-refractivity contribution >= 4 is 5.97 Å². The molecule has 0 aliphatic heterocycles. The van der Waals surface area contributed by atoms with Gasteiger partial charge in [0.25, 0.3) is 0 Å². The van der Waals surface area contributed by atoms with Gasteiger partial charge in [-0.1, -0.05) is 25.8 Å². The Balaban J connectivity index is 1.62. The Morgan fingerprint density at radius 2 is 1.93 bits per heavy atom. The summed E-state index contributed by atoms with van der Waals surface area (Å²) in [6.45, 7) is 5.78. The van der Waals surface area contributed by atoms with Gasteiger partial charge in [-0.15, -0.1) is 0 Å². The van der Waals surface area contributed by atoms with Crippen LogP contribution in [0.25, 0.3) is 0 Å². The molecule has 9 atom stereocenters. The number of aliphatic hydroxyl groups is 3. The third-order valence-electron chi connectivity index (χ3n) is 8.61. The first-order valence-corrected chi connectivity index (χ1v) is 10.6. The molecule has 0 aromatic heterocycles. The monoisotopic (exact) mass is 388 g/mol. The SMILES string of the molecule is CC(=O)OC#CC1C[C@H]2[C@@H]3CC=C4C(O)C(O)CC[C@]4(C)[C@@H]3CC[C@]2(C)C1O. The van der Waals surface area contributed by atoms with Gasteiger partial charge in [-0.25, -0.2) is 0 Å². The Hall–Kier alpha value is -1.35. The van der Waals surface area contributed by atoms with Crippen LogP contribution in [0.5, 0.6) is 0 Å². The van der Waals surface area contributed by atoms with E-state index in [9.17, 15) is 20.1 Å². The summed E-state index contributed by atoms with van der Waals surface area (Å²) >= 11 is 0. The number of rotatable bonds is 0. The van der Waals surface area contributed by atoms with Crippen LogP contribution in [0.4, 0.5) is 0 Å². The maximum atomic E-state index is 11.0. The third-order valence-corrected chi connectivity index (χ3v) is 8.61. The van der Waals surface area contributed by atoms with Crippen molar-refractivity contribution in [2.75, 3.05) is 0 Å². The largest absolute Gasteiger partial charge is 0.391 e. The number of esters is 1. The zero-order valence-corrected chi connectivity index (χ0v) is 17.0. The van der Waals surface area contributed by atoms with Crippen LogP contribution in [0.15, 0.2) is 11.6 Å². The highest BCUT2D eigenvalue weighted by Crippen LogP contribution is 2.65. The van der Waals surface area contributed by atoms with Crippen LogP contribution in [0.3, 0.4) is 0 Å². The Morgan fingerprint density at radius 1 is 1.18 bits per heavy atom. The van der Waals surface area contributed by atoms with Crippen LogP contribution in [0.2, 0.25) is 0 Å². The second-order valence-electron chi connectivity index (χ2n) is 9.91. The minimum atomic E-state index is -0.746. The predicted octanol–water partition coefficient (Wildman–Crippen LogP) is 2.39. The highest BCUT2D eigenvalue weighted by atomic mass is 16.5. The number of hydrogen-bond donors (Lipinski definition) is 3. The van der Waals surface area contributed by atoms with Crippen molar-refractivity contribution in [2.24, 2.45) is 34.5 Å². The van der Waals surface area contributed by atoms with E-state index >= 15 is 0 Å². The fraction of sp³-hybridized carbons (Fsp3) is 0.783. The van der Waals surface area contributed by atoms with Crippen LogP contribution >= 0.6 is 0 Å².